The summed E-state index contributed by atoms with van der Waals surface area (Å²) in [6, 6.07) is 0. The van der Waals surface area contributed by atoms with Crippen molar-refractivity contribution >= 4 is 36.9 Å². The Bertz CT molecular complexity index is 863. The fourth-order valence-corrected chi connectivity index (χ4v) is 4.28. The third-order valence-electron chi connectivity index (χ3n) is 3.73. The fourth-order valence-electron chi connectivity index (χ4n) is 2.22. The van der Waals surface area contributed by atoms with E-state index in [0.29, 0.717) is 17.5 Å². The zero-order chi connectivity index (χ0) is 20.7. The van der Waals surface area contributed by atoms with Gasteiger partial charge in [0.15, 0.2) is 0 Å². The molecule has 0 saturated carbocycles. The lowest BCUT2D eigenvalue weighted by Gasteiger charge is -2.39. The Balaban J connectivity index is 1.87. The van der Waals surface area contributed by atoms with E-state index in [2.05, 4.69) is 45.2 Å². The number of aromatic amines is 3. The number of aromatic nitrogens is 6. The molecule has 29 heavy (non-hydrogen) atoms. The lowest BCUT2D eigenvalue weighted by Crippen LogP contribution is -2.29. The molecule has 3 aromatic heterocycles. The molecule has 3 aromatic rings. The summed E-state index contributed by atoms with van der Waals surface area (Å²) in [4.78, 5) is 21.3. The van der Waals surface area contributed by atoms with Gasteiger partial charge in [0.05, 0.1) is 18.6 Å². The predicted octanol–water partition coefficient (Wildman–Crippen LogP) is 1.28. The topological polar surface area (TPSA) is 133 Å². The number of rotatable bonds is 9. The minimum Gasteiger partial charge on any atom is -0.344 e. The van der Waals surface area contributed by atoms with Crippen LogP contribution in [0, 0.1) is 0 Å². The first-order valence-corrected chi connectivity index (χ1v) is 11.1. The summed E-state index contributed by atoms with van der Waals surface area (Å²) in [5, 5.41) is 13.4. The highest BCUT2D eigenvalue weighted by atomic mass is 32.4. The largest absolute Gasteiger partial charge is 0.344 e. The van der Waals surface area contributed by atoms with Gasteiger partial charge in [0.1, 0.15) is 17.5 Å². The molecule has 0 atom stereocenters. The highest BCUT2D eigenvalue weighted by molar-refractivity contribution is 8.11. The molecule has 0 fully saturated rings. The van der Waals surface area contributed by atoms with Crippen molar-refractivity contribution in [1.29, 1.82) is 0 Å². The van der Waals surface area contributed by atoms with Crippen molar-refractivity contribution in [2.75, 3.05) is 21.1 Å². The van der Waals surface area contributed by atoms with Gasteiger partial charge in [0, 0.05) is 58.3 Å². The van der Waals surface area contributed by atoms with Crippen LogP contribution in [0.1, 0.15) is 17.5 Å². The molecule has 0 radical (unpaired) electrons. The molecule has 0 aromatic carbocycles. The third kappa shape index (κ3) is 4.95. The first-order chi connectivity index (χ1) is 14.0. The molecule has 0 bridgehead atoms. The van der Waals surface area contributed by atoms with Gasteiger partial charge in [0.25, 0.3) is 6.49 Å². The van der Waals surface area contributed by atoms with Gasteiger partial charge in [-0.3, -0.25) is 0 Å². The van der Waals surface area contributed by atoms with E-state index in [1.807, 2.05) is 0 Å². The molecule has 3 heterocycles. The lowest BCUT2D eigenvalue weighted by atomic mass is 10.7. The molecule has 0 aliphatic carbocycles. The summed E-state index contributed by atoms with van der Waals surface area (Å²) >= 11 is 6.01. The SMILES string of the molecule is CN(/N=C\c1ncc[nH]1)P(=S)(N(C)/N=C/c1ncc[nH]1)N(C)/N=C/c1ncc[nH]1. The van der Waals surface area contributed by atoms with Crippen molar-refractivity contribution in [2.24, 2.45) is 15.3 Å². The van der Waals surface area contributed by atoms with Crippen LogP contribution in [-0.2, 0) is 11.8 Å². The van der Waals surface area contributed by atoms with Crippen LogP contribution in [0.2, 0.25) is 0 Å². The number of nitrogens with zero attached hydrogens (tertiary/aromatic N) is 9. The molecule has 0 spiro atoms. The van der Waals surface area contributed by atoms with Crippen LogP contribution >= 0.6 is 6.49 Å². The zero-order valence-electron chi connectivity index (χ0n) is 16.1. The minimum absolute atomic E-state index is 0.613. The quantitative estimate of drug-likeness (QED) is 0.263. The molecule has 152 valence electrons. The van der Waals surface area contributed by atoms with Crippen LogP contribution in [0.5, 0.6) is 0 Å². The van der Waals surface area contributed by atoms with E-state index in [1.165, 1.54) is 0 Å². The number of hydrogen-bond acceptors (Lipinski definition) is 7. The number of imidazole rings is 3. The molecule has 0 aliphatic rings. The third-order valence-corrected chi connectivity index (χ3v) is 8.43. The van der Waals surface area contributed by atoms with E-state index in [-0.39, 0.29) is 0 Å². The van der Waals surface area contributed by atoms with Crippen molar-refractivity contribution in [3.63, 3.8) is 0 Å². The first kappa shape index (κ1) is 20.4. The van der Waals surface area contributed by atoms with Crippen LogP contribution in [0.3, 0.4) is 0 Å². The monoisotopic (exact) mass is 432 g/mol. The smallest absolute Gasteiger partial charge is 0.265 e. The minimum atomic E-state index is -2.73. The van der Waals surface area contributed by atoms with Gasteiger partial charge in [0.2, 0.25) is 0 Å². The van der Waals surface area contributed by atoms with E-state index >= 15 is 0 Å². The maximum absolute atomic E-state index is 6.01. The van der Waals surface area contributed by atoms with Crippen molar-refractivity contribution in [1.82, 2.24) is 44.2 Å². The van der Waals surface area contributed by atoms with Gasteiger partial charge in [-0.15, -0.1) is 0 Å². The van der Waals surface area contributed by atoms with Crippen molar-refractivity contribution in [3.05, 3.63) is 54.7 Å². The van der Waals surface area contributed by atoms with E-state index in [0.717, 1.165) is 0 Å². The van der Waals surface area contributed by atoms with Gasteiger partial charge >= 0.3 is 0 Å². The van der Waals surface area contributed by atoms with Gasteiger partial charge < -0.3 is 15.0 Å². The highest BCUT2D eigenvalue weighted by Gasteiger charge is 2.32. The van der Waals surface area contributed by atoms with Gasteiger partial charge in [-0.05, 0) is 11.8 Å². The second-order valence-electron chi connectivity index (χ2n) is 5.64. The van der Waals surface area contributed by atoms with Gasteiger partial charge in [-0.2, -0.15) is 15.3 Å². The van der Waals surface area contributed by atoms with Crippen LogP contribution in [0.4, 0.5) is 0 Å². The van der Waals surface area contributed by atoms with Crippen LogP contribution in [-0.4, -0.2) is 84.0 Å². The number of hydrogen-bond donors (Lipinski definition) is 3. The first-order valence-electron chi connectivity index (χ1n) is 8.43. The Morgan fingerprint density at radius 2 is 1.03 bits per heavy atom. The number of nitrogens with one attached hydrogen (secondary N) is 3. The Morgan fingerprint density at radius 3 is 1.28 bits per heavy atom. The molecular weight excluding hydrogens is 411 g/mol. The summed E-state index contributed by atoms with van der Waals surface area (Å²) in [7, 11) is 5.33. The zero-order valence-corrected chi connectivity index (χ0v) is 17.8. The van der Waals surface area contributed by atoms with E-state index < -0.39 is 6.49 Å². The van der Waals surface area contributed by atoms with E-state index in [1.54, 1.807) is 91.3 Å². The Kier molecular flexibility index (Phi) is 6.52. The Hall–Kier alpha value is -3.31. The van der Waals surface area contributed by atoms with Crippen LogP contribution in [0.15, 0.2) is 52.5 Å². The average Bonchev–Trinajstić information content (AvgIpc) is 3.50. The van der Waals surface area contributed by atoms with Gasteiger partial charge in [-0.1, -0.05) is 0 Å². The van der Waals surface area contributed by atoms with Crippen molar-refractivity contribution in [2.45, 2.75) is 0 Å². The number of hydrazone groups is 3. The summed E-state index contributed by atoms with van der Waals surface area (Å²) in [5.74, 6) is 1.84. The van der Waals surface area contributed by atoms with E-state index in [9.17, 15) is 0 Å². The normalized spacial score (nSPS) is 12.4. The molecule has 14 heteroatoms. The van der Waals surface area contributed by atoms with Crippen molar-refractivity contribution < 1.29 is 0 Å². The molecule has 3 N–H and O–H groups in total. The molecule has 12 nitrogen and oxygen atoms in total. The summed E-state index contributed by atoms with van der Waals surface area (Å²) in [5.41, 5.74) is 0. The molecule has 3 rings (SSSR count). The average molecular weight is 432 g/mol. The Morgan fingerprint density at radius 1 is 0.724 bits per heavy atom. The molecular formula is C15H21N12PS. The molecule has 0 saturated heterocycles. The lowest BCUT2D eigenvalue weighted by molar-refractivity contribution is 0.417. The molecule has 0 amide bonds. The van der Waals surface area contributed by atoms with Crippen LogP contribution in [0.25, 0.3) is 0 Å². The molecule has 0 unspecified atom stereocenters. The number of H-pyrrole nitrogens is 3. The second kappa shape index (κ2) is 9.26. The predicted molar refractivity (Wildman–Crippen MR) is 116 cm³/mol. The summed E-state index contributed by atoms with van der Waals surface area (Å²) < 4.78 is 4.97. The van der Waals surface area contributed by atoms with Crippen molar-refractivity contribution in [3.8, 4) is 0 Å². The highest BCUT2D eigenvalue weighted by Crippen LogP contribution is 2.55. The Labute approximate surface area is 172 Å². The standard InChI is InChI=1S/C15H21N12PS/c1-25(22-10-13-16-4-5-17-13)28(29,26(2)23-11-14-18-6-7-19-14)27(3)24-12-15-20-8-9-21-15/h4-12H,1-3H3,(H,16,17)(H,18,19)(H,20,21)/b22-10-,23-11+,24-12+. The maximum Gasteiger partial charge on any atom is 0.265 e. The fraction of sp³-hybridized carbons (Fsp3) is 0.200. The molecule has 0 aliphatic heterocycles. The summed E-state index contributed by atoms with van der Waals surface area (Å²) in [6.07, 6.45) is 14.9. The van der Waals surface area contributed by atoms with E-state index in [4.69, 9.17) is 11.8 Å². The maximum atomic E-state index is 6.01. The van der Waals surface area contributed by atoms with Gasteiger partial charge in [-0.25, -0.2) is 29.3 Å². The second-order valence-corrected chi connectivity index (χ2v) is 9.87. The van der Waals surface area contributed by atoms with Crippen LogP contribution < -0.4 is 0 Å². The summed E-state index contributed by atoms with van der Waals surface area (Å²) in [6.45, 7) is -2.73.